The van der Waals surface area contributed by atoms with E-state index in [9.17, 15) is 14.7 Å². The number of ether oxygens (including phenoxy) is 1. The lowest BCUT2D eigenvalue weighted by molar-refractivity contribution is -0.142. The maximum absolute atomic E-state index is 12.0. The third-order valence-corrected chi connectivity index (χ3v) is 3.52. The number of carbonyl (C=O) groups is 2. The third-order valence-electron chi connectivity index (χ3n) is 3.52. The van der Waals surface area contributed by atoms with Crippen molar-refractivity contribution in [2.45, 2.75) is 39.2 Å². The molecule has 122 valence electrons. The molecule has 5 nitrogen and oxygen atoms in total. The highest BCUT2D eigenvalue weighted by molar-refractivity contribution is 5.96. The summed E-state index contributed by atoms with van der Waals surface area (Å²) in [6.45, 7) is 5.88. The van der Waals surface area contributed by atoms with Crippen LogP contribution in [0.15, 0.2) is 24.3 Å². The maximum atomic E-state index is 12.0. The summed E-state index contributed by atoms with van der Waals surface area (Å²) < 4.78 is 4.57. The zero-order valence-corrected chi connectivity index (χ0v) is 13.6. The molecule has 0 spiro atoms. The molecule has 0 bridgehead atoms. The van der Waals surface area contributed by atoms with Gasteiger partial charge in [0.2, 0.25) is 0 Å². The van der Waals surface area contributed by atoms with Crippen molar-refractivity contribution in [2.24, 2.45) is 5.92 Å². The normalized spacial score (nSPS) is 13.5. The zero-order valence-electron chi connectivity index (χ0n) is 13.6. The van der Waals surface area contributed by atoms with Gasteiger partial charge in [0.05, 0.1) is 7.11 Å². The Hall–Kier alpha value is -1.88. The van der Waals surface area contributed by atoms with Crippen molar-refractivity contribution >= 4 is 11.9 Å². The summed E-state index contributed by atoms with van der Waals surface area (Å²) in [6.07, 6.45) is 0.890. The smallest absolute Gasteiger partial charge is 0.328 e. The molecule has 0 aliphatic rings. The zero-order chi connectivity index (χ0) is 16.7. The number of carbonyl (C=O) groups excluding carboxylic acids is 2. The quantitative estimate of drug-likeness (QED) is 0.756. The highest BCUT2D eigenvalue weighted by Gasteiger charge is 2.17. The van der Waals surface area contributed by atoms with Crippen molar-refractivity contribution in [1.29, 1.82) is 0 Å². The van der Waals surface area contributed by atoms with Crippen molar-refractivity contribution in [3.8, 4) is 0 Å². The minimum Gasteiger partial charge on any atom is -0.467 e. The van der Waals surface area contributed by atoms with E-state index in [1.54, 1.807) is 19.1 Å². The summed E-state index contributed by atoms with van der Waals surface area (Å²) >= 11 is 0. The Balaban J connectivity index is 2.75. The van der Waals surface area contributed by atoms with Crippen LogP contribution in [-0.4, -0.2) is 36.7 Å². The average Bonchev–Trinajstić information content (AvgIpc) is 2.51. The molecule has 22 heavy (non-hydrogen) atoms. The van der Waals surface area contributed by atoms with Crippen LogP contribution in [0.3, 0.4) is 0 Å². The molecular formula is C17H25NO4. The fourth-order valence-corrected chi connectivity index (χ4v) is 2.31. The summed E-state index contributed by atoms with van der Waals surface area (Å²) in [5, 5.41) is 12.1. The van der Waals surface area contributed by atoms with Crippen LogP contribution in [0.1, 0.15) is 49.0 Å². The summed E-state index contributed by atoms with van der Waals surface area (Å²) in [4.78, 5) is 23.3. The second-order valence-electron chi connectivity index (χ2n) is 5.85. The lowest BCUT2D eigenvalue weighted by atomic mass is 9.90. The Morgan fingerprint density at radius 3 is 2.23 bits per heavy atom. The van der Waals surface area contributed by atoms with E-state index >= 15 is 0 Å². The van der Waals surface area contributed by atoms with Crippen molar-refractivity contribution in [1.82, 2.24) is 5.32 Å². The molecule has 0 heterocycles. The summed E-state index contributed by atoms with van der Waals surface area (Å²) in [7, 11) is 1.28. The van der Waals surface area contributed by atoms with Gasteiger partial charge >= 0.3 is 5.97 Å². The Labute approximate surface area is 131 Å². The van der Waals surface area contributed by atoms with Crippen LogP contribution >= 0.6 is 0 Å². The van der Waals surface area contributed by atoms with Gasteiger partial charge in [-0.3, -0.25) is 4.79 Å². The van der Waals surface area contributed by atoms with Crippen LogP contribution in [0, 0.1) is 5.92 Å². The fourth-order valence-electron chi connectivity index (χ4n) is 2.31. The number of hydrogen-bond donors (Lipinski definition) is 2. The molecule has 0 aliphatic carbocycles. The van der Waals surface area contributed by atoms with E-state index in [-0.39, 0.29) is 18.4 Å². The Bertz CT molecular complexity index is 496. The number of aliphatic hydroxyl groups excluding tert-OH is 1. The summed E-state index contributed by atoms with van der Waals surface area (Å²) in [5.74, 6) is -0.247. The Kier molecular flexibility index (Phi) is 7.05. The Morgan fingerprint density at radius 1 is 1.18 bits per heavy atom. The number of esters is 1. The number of aliphatic hydroxyl groups is 1. The summed E-state index contributed by atoms with van der Waals surface area (Å²) in [5.41, 5.74) is 1.48. The van der Waals surface area contributed by atoms with Crippen molar-refractivity contribution in [3.63, 3.8) is 0 Å². The predicted molar refractivity (Wildman–Crippen MR) is 84.7 cm³/mol. The van der Waals surface area contributed by atoms with E-state index in [0.717, 1.165) is 12.0 Å². The van der Waals surface area contributed by atoms with E-state index < -0.39 is 12.0 Å². The molecule has 2 atom stereocenters. The molecular weight excluding hydrogens is 282 g/mol. The van der Waals surface area contributed by atoms with E-state index in [0.29, 0.717) is 11.5 Å². The van der Waals surface area contributed by atoms with Crippen LogP contribution in [0.4, 0.5) is 0 Å². The number of hydrogen-bond acceptors (Lipinski definition) is 4. The molecule has 0 fully saturated rings. The first-order valence-corrected chi connectivity index (χ1v) is 7.48. The number of amides is 1. The Morgan fingerprint density at radius 2 is 1.77 bits per heavy atom. The van der Waals surface area contributed by atoms with Gasteiger partial charge in [0.15, 0.2) is 0 Å². The predicted octanol–water partition coefficient (Wildman–Crippen LogP) is 2.10. The topological polar surface area (TPSA) is 75.6 Å². The maximum Gasteiger partial charge on any atom is 0.328 e. The largest absolute Gasteiger partial charge is 0.467 e. The van der Waals surface area contributed by atoms with Gasteiger partial charge in [0.25, 0.3) is 5.91 Å². The number of methoxy groups -OCH3 is 1. The lowest BCUT2D eigenvalue weighted by Gasteiger charge is -2.17. The van der Waals surface area contributed by atoms with E-state index in [1.807, 2.05) is 12.1 Å². The van der Waals surface area contributed by atoms with Crippen LogP contribution < -0.4 is 5.32 Å². The molecule has 1 aromatic carbocycles. The van der Waals surface area contributed by atoms with E-state index in [1.165, 1.54) is 7.11 Å². The van der Waals surface area contributed by atoms with Gasteiger partial charge in [-0.15, -0.1) is 0 Å². The minimum absolute atomic E-state index is 0.0751. The van der Waals surface area contributed by atoms with Gasteiger partial charge in [-0.1, -0.05) is 26.0 Å². The van der Waals surface area contributed by atoms with Crippen LogP contribution in [0.5, 0.6) is 0 Å². The molecule has 2 N–H and O–H groups in total. The molecule has 0 radical (unpaired) electrons. The molecule has 0 saturated carbocycles. The van der Waals surface area contributed by atoms with Gasteiger partial charge in [-0.2, -0.15) is 0 Å². The molecule has 1 aromatic rings. The SMILES string of the molecule is COC(=O)C(C)NC(=O)c1ccc(C(CO)CC(C)C)cc1. The number of rotatable bonds is 7. The first-order valence-electron chi connectivity index (χ1n) is 7.48. The molecule has 0 aromatic heterocycles. The molecule has 0 saturated heterocycles. The molecule has 0 aliphatic heterocycles. The number of nitrogens with one attached hydrogen (secondary N) is 1. The summed E-state index contributed by atoms with van der Waals surface area (Å²) in [6, 6.07) is 6.42. The third kappa shape index (κ3) is 5.15. The van der Waals surface area contributed by atoms with Crippen molar-refractivity contribution in [2.75, 3.05) is 13.7 Å². The molecule has 1 amide bonds. The lowest BCUT2D eigenvalue weighted by Crippen LogP contribution is -2.39. The van der Waals surface area contributed by atoms with Gasteiger partial charge in [0.1, 0.15) is 6.04 Å². The first kappa shape index (κ1) is 18.2. The fraction of sp³-hybridized carbons (Fsp3) is 0.529. The van der Waals surface area contributed by atoms with Crippen LogP contribution in [-0.2, 0) is 9.53 Å². The van der Waals surface area contributed by atoms with Gasteiger partial charge in [-0.05, 0) is 37.0 Å². The van der Waals surface area contributed by atoms with E-state index in [4.69, 9.17) is 0 Å². The highest BCUT2D eigenvalue weighted by Crippen LogP contribution is 2.23. The number of benzene rings is 1. The molecule has 2 unspecified atom stereocenters. The highest BCUT2D eigenvalue weighted by atomic mass is 16.5. The van der Waals surface area contributed by atoms with Gasteiger partial charge in [0, 0.05) is 18.1 Å². The van der Waals surface area contributed by atoms with Crippen LogP contribution in [0.2, 0.25) is 0 Å². The second-order valence-corrected chi connectivity index (χ2v) is 5.85. The second kappa shape index (κ2) is 8.54. The first-order chi connectivity index (χ1) is 10.4. The minimum atomic E-state index is -0.691. The molecule has 1 rings (SSSR count). The van der Waals surface area contributed by atoms with Crippen molar-refractivity contribution < 1.29 is 19.4 Å². The van der Waals surface area contributed by atoms with Crippen LogP contribution in [0.25, 0.3) is 0 Å². The van der Waals surface area contributed by atoms with E-state index in [2.05, 4.69) is 23.9 Å². The monoisotopic (exact) mass is 307 g/mol. The average molecular weight is 307 g/mol. The standard InChI is InChI=1S/C17H25NO4/c1-11(2)9-15(10-19)13-5-7-14(8-6-13)16(20)18-12(3)17(21)22-4/h5-8,11-12,15,19H,9-10H2,1-4H3,(H,18,20). The van der Waals surface area contributed by atoms with Gasteiger partial charge < -0.3 is 15.2 Å². The van der Waals surface area contributed by atoms with Crippen molar-refractivity contribution in [3.05, 3.63) is 35.4 Å². The van der Waals surface area contributed by atoms with Gasteiger partial charge in [-0.25, -0.2) is 4.79 Å². The molecule has 5 heteroatoms.